The molecule has 47 heavy (non-hydrogen) atoms. The van der Waals surface area contributed by atoms with E-state index in [1.54, 1.807) is 22.9 Å². The van der Waals surface area contributed by atoms with E-state index in [9.17, 15) is 13.2 Å². The SMILES string of the molecule is Cc1ccc(C#Cc2ccc(-c3c(CNS(=O)(=O)N4CCCCC4)c(C(=O)NN4CCCCC4)nn3-c3ccc(Cl)cc3Cl)s2)cc1. The fourth-order valence-corrected chi connectivity index (χ4v) is 8.40. The number of aryl methyl sites for hydroxylation is 1. The van der Waals surface area contributed by atoms with E-state index in [0.29, 0.717) is 40.1 Å². The molecular weight excluding hydrogens is 675 g/mol. The van der Waals surface area contributed by atoms with Crippen molar-refractivity contribution in [3.05, 3.63) is 91.9 Å². The van der Waals surface area contributed by atoms with Crippen molar-refractivity contribution in [2.45, 2.75) is 52.0 Å². The fourth-order valence-electron chi connectivity index (χ4n) is 5.75. The molecule has 4 heterocycles. The van der Waals surface area contributed by atoms with Crippen LogP contribution in [0.15, 0.2) is 54.6 Å². The van der Waals surface area contributed by atoms with Crippen molar-refractivity contribution >= 4 is 50.7 Å². The van der Waals surface area contributed by atoms with Crippen LogP contribution in [0.5, 0.6) is 0 Å². The fraction of sp³-hybridized carbons (Fsp3) is 0.353. The number of rotatable bonds is 8. The second-order valence-corrected chi connectivity index (χ2v) is 15.4. The number of piperidine rings is 2. The minimum absolute atomic E-state index is 0.110. The molecule has 0 bridgehead atoms. The van der Waals surface area contributed by atoms with Crippen LogP contribution in [0.3, 0.4) is 0 Å². The number of amides is 1. The number of benzene rings is 2. The molecule has 246 valence electrons. The molecule has 2 aliphatic rings. The summed E-state index contributed by atoms with van der Waals surface area (Å²) < 4.78 is 32.7. The van der Waals surface area contributed by atoms with E-state index in [0.717, 1.165) is 72.5 Å². The minimum Gasteiger partial charge on any atom is -0.283 e. The molecule has 2 aromatic carbocycles. The standard InChI is InChI=1S/C34H36Cl2N6O3S2/c1-24-8-10-25(11-9-24)12-14-27-15-17-31(46-27)33-28(23-37-47(44,45)41-20-6-3-7-21-41)32(34(43)39-40-18-4-2-5-19-40)38-42(33)30-16-13-26(35)22-29(30)36/h8-11,13,15-17,22,37H,2-7,18-21,23H2,1H3,(H,39,43). The van der Waals surface area contributed by atoms with Crippen LogP contribution in [0.1, 0.15) is 70.6 Å². The average molecular weight is 712 g/mol. The molecule has 0 unspecified atom stereocenters. The van der Waals surface area contributed by atoms with Gasteiger partial charge in [-0.2, -0.15) is 22.5 Å². The number of carbonyl (C=O) groups excluding carboxylic acids is 1. The van der Waals surface area contributed by atoms with Crippen LogP contribution in [0, 0.1) is 18.8 Å². The van der Waals surface area contributed by atoms with Gasteiger partial charge in [0.15, 0.2) is 5.69 Å². The number of hydrogen-bond acceptors (Lipinski definition) is 6. The number of thiophene rings is 1. The number of hydrazine groups is 1. The van der Waals surface area contributed by atoms with Crippen molar-refractivity contribution in [2.75, 3.05) is 26.2 Å². The van der Waals surface area contributed by atoms with Crippen LogP contribution in [0.25, 0.3) is 16.3 Å². The maximum atomic E-state index is 13.9. The molecule has 2 aliphatic heterocycles. The Kier molecular flexibility index (Phi) is 10.7. The second-order valence-electron chi connectivity index (χ2n) is 11.7. The van der Waals surface area contributed by atoms with E-state index in [-0.39, 0.29) is 12.2 Å². The normalized spacial score (nSPS) is 16.1. The van der Waals surface area contributed by atoms with Crippen LogP contribution in [-0.2, 0) is 16.8 Å². The first-order valence-corrected chi connectivity index (χ1v) is 18.8. The smallest absolute Gasteiger partial charge is 0.283 e. The van der Waals surface area contributed by atoms with Gasteiger partial charge in [-0.25, -0.2) is 9.69 Å². The van der Waals surface area contributed by atoms with Crippen molar-refractivity contribution in [1.82, 2.24) is 29.2 Å². The predicted molar refractivity (Wildman–Crippen MR) is 188 cm³/mol. The van der Waals surface area contributed by atoms with Crippen molar-refractivity contribution in [1.29, 1.82) is 0 Å². The van der Waals surface area contributed by atoms with Gasteiger partial charge in [-0.1, -0.05) is 65.6 Å². The second kappa shape index (κ2) is 14.9. The molecule has 0 saturated carbocycles. The molecule has 0 radical (unpaired) electrons. The highest BCUT2D eigenvalue weighted by atomic mass is 35.5. The molecule has 2 fully saturated rings. The lowest BCUT2D eigenvalue weighted by molar-refractivity contribution is 0.0743. The summed E-state index contributed by atoms with van der Waals surface area (Å²) >= 11 is 14.4. The summed E-state index contributed by atoms with van der Waals surface area (Å²) in [5, 5.41) is 7.49. The van der Waals surface area contributed by atoms with Crippen molar-refractivity contribution < 1.29 is 13.2 Å². The Bertz CT molecular complexity index is 1920. The van der Waals surface area contributed by atoms with Gasteiger partial charge < -0.3 is 0 Å². The summed E-state index contributed by atoms with van der Waals surface area (Å²) in [5.41, 5.74) is 6.66. The Morgan fingerprint density at radius 3 is 2.32 bits per heavy atom. The first-order valence-electron chi connectivity index (χ1n) is 15.7. The van der Waals surface area contributed by atoms with Crippen LogP contribution >= 0.6 is 34.5 Å². The van der Waals surface area contributed by atoms with Gasteiger partial charge in [0.05, 0.1) is 26.2 Å². The highest BCUT2D eigenvalue weighted by Crippen LogP contribution is 2.37. The summed E-state index contributed by atoms with van der Waals surface area (Å²) in [6.45, 7) is 4.25. The molecule has 0 aliphatic carbocycles. The third kappa shape index (κ3) is 8.09. The molecule has 0 spiro atoms. The lowest BCUT2D eigenvalue weighted by Crippen LogP contribution is -2.46. The van der Waals surface area contributed by atoms with Gasteiger partial charge in [-0.05, 0) is 75.1 Å². The molecule has 2 saturated heterocycles. The van der Waals surface area contributed by atoms with Crippen molar-refractivity contribution in [2.24, 2.45) is 0 Å². The topological polar surface area (TPSA) is 99.6 Å². The average Bonchev–Trinajstić information content (AvgIpc) is 3.69. The minimum atomic E-state index is -3.81. The first-order chi connectivity index (χ1) is 22.7. The highest BCUT2D eigenvalue weighted by molar-refractivity contribution is 7.87. The Labute approximate surface area is 290 Å². The van der Waals surface area contributed by atoms with Crippen LogP contribution < -0.4 is 10.1 Å². The lowest BCUT2D eigenvalue weighted by atomic mass is 10.1. The van der Waals surface area contributed by atoms with Gasteiger partial charge in [0.2, 0.25) is 0 Å². The van der Waals surface area contributed by atoms with Gasteiger partial charge in [0.1, 0.15) is 0 Å². The van der Waals surface area contributed by atoms with E-state index in [1.807, 2.05) is 48.3 Å². The number of carbonyl (C=O) groups is 1. The molecule has 2 aromatic heterocycles. The van der Waals surface area contributed by atoms with Gasteiger partial charge >= 0.3 is 0 Å². The molecule has 2 N–H and O–H groups in total. The van der Waals surface area contributed by atoms with Gasteiger partial charge in [-0.3, -0.25) is 10.2 Å². The number of aromatic nitrogens is 2. The maximum Gasteiger partial charge on any atom is 0.286 e. The number of hydrogen-bond donors (Lipinski definition) is 2. The zero-order chi connectivity index (χ0) is 33.0. The van der Waals surface area contributed by atoms with Crippen LogP contribution in [0.2, 0.25) is 10.0 Å². The number of nitrogens with one attached hydrogen (secondary N) is 2. The highest BCUT2D eigenvalue weighted by Gasteiger charge is 2.30. The van der Waals surface area contributed by atoms with Gasteiger partial charge in [0, 0.05) is 48.9 Å². The molecule has 9 nitrogen and oxygen atoms in total. The quantitative estimate of drug-likeness (QED) is 0.202. The van der Waals surface area contributed by atoms with E-state index < -0.39 is 16.1 Å². The zero-order valence-corrected chi connectivity index (χ0v) is 29.2. The third-order valence-electron chi connectivity index (χ3n) is 8.26. The summed E-state index contributed by atoms with van der Waals surface area (Å²) in [5.74, 6) is 6.04. The van der Waals surface area contributed by atoms with E-state index in [2.05, 4.69) is 22.0 Å². The van der Waals surface area contributed by atoms with Gasteiger partial charge in [-0.15, -0.1) is 11.3 Å². The number of halogens is 2. The molecular formula is C34H36Cl2N6O3S2. The maximum absolute atomic E-state index is 13.9. The molecule has 4 aromatic rings. The summed E-state index contributed by atoms with van der Waals surface area (Å²) in [6, 6.07) is 16.9. The molecule has 0 atom stereocenters. The summed E-state index contributed by atoms with van der Waals surface area (Å²) in [7, 11) is -3.81. The Morgan fingerprint density at radius 1 is 0.915 bits per heavy atom. The van der Waals surface area contributed by atoms with Crippen molar-refractivity contribution in [3.63, 3.8) is 0 Å². The predicted octanol–water partition coefficient (Wildman–Crippen LogP) is 6.57. The molecule has 1 amide bonds. The van der Waals surface area contributed by atoms with E-state index >= 15 is 0 Å². The van der Waals surface area contributed by atoms with Gasteiger partial charge in [0.25, 0.3) is 16.1 Å². The lowest BCUT2D eigenvalue weighted by Gasteiger charge is -2.27. The first kappa shape index (κ1) is 33.7. The van der Waals surface area contributed by atoms with E-state index in [4.69, 9.17) is 28.3 Å². The third-order valence-corrected chi connectivity index (χ3v) is 11.4. The summed E-state index contributed by atoms with van der Waals surface area (Å²) in [6.07, 6.45) is 5.68. The number of nitrogens with zero attached hydrogens (tertiary/aromatic N) is 4. The Hall–Kier alpha value is -3.21. The van der Waals surface area contributed by atoms with E-state index in [1.165, 1.54) is 15.6 Å². The monoisotopic (exact) mass is 710 g/mol. The zero-order valence-electron chi connectivity index (χ0n) is 26.1. The Morgan fingerprint density at radius 2 is 1.62 bits per heavy atom. The van der Waals surface area contributed by atoms with Crippen LogP contribution in [0.4, 0.5) is 0 Å². The summed E-state index contributed by atoms with van der Waals surface area (Å²) in [4.78, 5) is 15.5. The molecule has 6 rings (SSSR count). The van der Waals surface area contributed by atoms with Crippen LogP contribution in [-0.4, -0.2) is 59.6 Å². The van der Waals surface area contributed by atoms with Crippen molar-refractivity contribution in [3.8, 4) is 28.1 Å². The largest absolute Gasteiger partial charge is 0.286 e. The molecule has 13 heteroatoms. The Balaban J connectivity index is 1.45.